The van der Waals surface area contributed by atoms with Crippen molar-refractivity contribution in [3.63, 3.8) is 0 Å². The van der Waals surface area contributed by atoms with Crippen molar-refractivity contribution in [2.75, 3.05) is 6.61 Å². The van der Waals surface area contributed by atoms with Gasteiger partial charge >= 0.3 is 5.97 Å². The molecule has 4 rings (SSSR count). The third-order valence-electron chi connectivity index (χ3n) is 7.20. The predicted molar refractivity (Wildman–Crippen MR) is 132 cm³/mol. The van der Waals surface area contributed by atoms with Crippen molar-refractivity contribution in [2.45, 2.75) is 70.6 Å². The van der Waals surface area contributed by atoms with Crippen molar-refractivity contribution in [2.24, 2.45) is 5.92 Å². The number of aromatic nitrogens is 2. The summed E-state index contributed by atoms with van der Waals surface area (Å²) in [5, 5.41) is 11.7. The predicted octanol–water partition coefficient (Wildman–Crippen LogP) is 1.93. The van der Waals surface area contributed by atoms with Crippen LogP contribution in [0.25, 0.3) is 0 Å². The average molecular weight is 497 g/mol. The highest BCUT2D eigenvalue weighted by molar-refractivity contribution is 5.81. The molecule has 0 amide bonds. The largest absolute Gasteiger partial charge is 1.00 e. The van der Waals surface area contributed by atoms with Gasteiger partial charge in [-0.2, -0.15) is 0 Å². The van der Waals surface area contributed by atoms with Gasteiger partial charge in [0, 0.05) is 19.3 Å². The molecule has 1 atom stereocenters. The lowest BCUT2D eigenvalue weighted by atomic mass is 9.77. The van der Waals surface area contributed by atoms with Gasteiger partial charge in [-0.15, -0.1) is 0 Å². The molecule has 1 N–H and O–H groups in total. The lowest BCUT2D eigenvalue weighted by Crippen LogP contribution is -3.00. The van der Waals surface area contributed by atoms with Gasteiger partial charge in [-0.3, -0.25) is 0 Å². The number of benzene rings is 2. The molecule has 1 saturated carbocycles. The number of nitrogens with zero attached hydrogens (tertiary/aromatic N) is 2. The summed E-state index contributed by atoms with van der Waals surface area (Å²) < 4.78 is 10.1. The van der Waals surface area contributed by atoms with Crippen LogP contribution in [0.1, 0.15) is 61.9 Å². The van der Waals surface area contributed by atoms with Gasteiger partial charge in [0.1, 0.15) is 18.9 Å². The SMILES string of the molecule is Cc1n(CCCOC(=O)C(O)(c2ccccc2)C2CCCCCC2)cc[n+]1Cc1ccccc1.[Cl-]. The zero-order valence-electron chi connectivity index (χ0n) is 20.6. The van der Waals surface area contributed by atoms with Crippen LogP contribution in [-0.2, 0) is 28.2 Å². The number of rotatable bonds is 9. The molecule has 2 aromatic carbocycles. The van der Waals surface area contributed by atoms with E-state index in [-0.39, 0.29) is 24.9 Å². The van der Waals surface area contributed by atoms with Crippen LogP contribution in [0, 0.1) is 12.8 Å². The maximum absolute atomic E-state index is 13.3. The molecule has 1 fully saturated rings. The van der Waals surface area contributed by atoms with E-state index in [1.807, 2.05) is 36.4 Å². The number of esters is 1. The number of halogens is 1. The molecular weight excluding hydrogens is 460 g/mol. The van der Waals surface area contributed by atoms with E-state index < -0.39 is 11.6 Å². The smallest absolute Gasteiger partial charge is 0.343 e. The van der Waals surface area contributed by atoms with Crippen molar-refractivity contribution < 1.29 is 31.6 Å². The molecule has 0 bridgehead atoms. The summed E-state index contributed by atoms with van der Waals surface area (Å²) in [7, 11) is 0. The lowest BCUT2D eigenvalue weighted by molar-refractivity contribution is -0.694. The number of aliphatic hydroxyl groups is 1. The van der Waals surface area contributed by atoms with Crippen LogP contribution >= 0.6 is 0 Å². The first-order valence-corrected chi connectivity index (χ1v) is 12.6. The number of carbonyl (C=O) groups is 1. The number of ether oxygens (including phenoxy) is 1. The Hall–Kier alpha value is -2.63. The van der Waals surface area contributed by atoms with E-state index in [9.17, 15) is 9.90 Å². The molecule has 0 spiro atoms. The van der Waals surface area contributed by atoms with E-state index in [1.165, 1.54) is 5.56 Å². The number of aryl methyl sites for hydroxylation is 1. The van der Waals surface area contributed by atoms with Crippen LogP contribution in [0.4, 0.5) is 0 Å². The van der Waals surface area contributed by atoms with Crippen molar-refractivity contribution in [1.29, 1.82) is 0 Å². The highest BCUT2D eigenvalue weighted by atomic mass is 35.5. The monoisotopic (exact) mass is 496 g/mol. The summed E-state index contributed by atoms with van der Waals surface area (Å²) in [5.41, 5.74) is 0.337. The third-order valence-corrected chi connectivity index (χ3v) is 7.20. The molecule has 3 aromatic rings. The quantitative estimate of drug-likeness (QED) is 0.213. The first-order chi connectivity index (χ1) is 16.6. The Bertz CT molecular complexity index is 1050. The summed E-state index contributed by atoms with van der Waals surface area (Å²) in [6.45, 7) is 3.99. The van der Waals surface area contributed by atoms with Crippen LogP contribution in [0.15, 0.2) is 73.1 Å². The zero-order valence-corrected chi connectivity index (χ0v) is 21.4. The topological polar surface area (TPSA) is 55.3 Å². The van der Waals surface area contributed by atoms with Gasteiger partial charge in [0.05, 0.1) is 13.2 Å². The standard InChI is InChI=1S/C29H37N2O3.ClH/c1-24-30(20-21-31(24)23-25-13-6-4-7-14-25)19-12-22-34-28(32)29(33,27-17-10-5-11-18-27)26-15-8-2-3-9-16-26;/h4-7,10-11,13-14,17-18,20-21,26,33H,2-3,8-9,12,15-16,19,22-23H2,1H3;1H/q+1;/p-1. The van der Waals surface area contributed by atoms with E-state index in [2.05, 4.69) is 52.7 Å². The second-order valence-electron chi connectivity index (χ2n) is 9.46. The van der Waals surface area contributed by atoms with Gasteiger partial charge in [0.2, 0.25) is 0 Å². The third kappa shape index (κ3) is 6.53. The molecule has 35 heavy (non-hydrogen) atoms. The summed E-state index contributed by atoms with van der Waals surface area (Å²) >= 11 is 0. The van der Waals surface area contributed by atoms with Crippen LogP contribution in [0.3, 0.4) is 0 Å². The molecular formula is C29H37ClN2O3. The molecule has 188 valence electrons. The molecule has 1 heterocycles. The van der Waals surface area contributed by atoms with E-state index >= 15 is 0 Å². The summed E-state index contributed by atoms with van der Waals surface area (Å²) in [6, 6.07) is 19.8. The number of hydrogen-bond acceptors (Lipinski definition) is 3. The van der Waals surface area contributed by atoms with Crippen LogP contribution in [-0.4, -0.2) is 22.2 Å². The van der Waals surface area contributed by atoms with Crippen molar-refractivity contribution >= 4 is 5.97 Å². The van der Waals surface area contributed by atoms with Gasteiger partial charge in [-0.05, 0) is 24.0 Å². The molecule has 1 aromatic heterocycles. The molecule has 1 unspecified atom stereocenters. The van der Waals surface area contributed by atoms with E-state index in [0.29, 0.717) is 12.0 Å². The van der Waals surface area contributed by atoms with Crippen molar-refractivity contribution in [3.8, 4) is 0 Å². The van der Waals surface area contributed by atoms with Gasteiger partial charge in [0.15, 0.2) is 5.60 Å². The Balaban J connectivity index is 0.00000342. The Morgan fingerprint density at radius 2 is 1.66 bits per heavy atom. The second-order valence-corrected chi connectivity index (χ2v) is 9.46. The summed E-state index contributed by atoms with van der Waals surface area (Å²) in [5.74, 6) is 0.553. The fraction of sp³-hybridized carbons (Fsp3) is 0.448. The molecule has 6 heteroatoms. The molecule has 0 radical (unpaired) electrons. The Morgan fingerprint density at radius 1 is 1.03 bits per heavy atom. The van der Waals surface area contributed by atoms with E-state index in [4.69, 9.17) is 4.74 Å². The lowest BCUT2D eigenvalue weighted by Gasteiger charge is -2.34. The first-order valence-electron chi connectivity index (χ1n) is 12.6. The maximum Gasteiger partial charge on any atom is 0.343 e. The molecule has 5 nitrogen and oxygen atoms in total. The van der Waals surface area contributed by atoms with Crippen molar-refractivity contribution in [1.82, 2.24) is 4.57 Å². The van der Waals surface area contributed by atoms with Crippen LogP contribution in [0.5, 0.6) is 0 Å². The zero-order chi connectivity index (χ0) is 23.8. The fourth-order valence-corrected chi connectivity index (χ4v) is 5.14. The van der Waals surface area contributed by atoms with Gasteiger partial charge < -0.3 is 22.3 Å². The maximum atomic E-state index is 13.3. The summed E-state index contributed by atoms with van der Waals surface area (Å²) in [6.07, 6.45) is 11.0. The fourth-order valence-electron chi connectivity index (χ4n) is 5.14. The molecule has 1 aliphatic rings. The minimum atomic E-state index is -1.58. The summed E-state index contributed by atoms with van der Waals surface area (Å²) in [4.78, 5) is 13.3. The highest BCUT2D eigenvalue weighted by Gasteiger charge is 2.46. The number of imidazole rings is 1. The Morgan fingerprint density at radius 3 is 2.31 bits per heavy atom. The Kier molecular flexibility index (Phi) is 9.93. The molecule has 0 saturated heterocycles. The first kappa shape index (κ1) is 27.0. The van der Waals surface area contributed by atoms with E-state index in [1.54, 1.807) is 0 Å². The van der Waals surface area contributed by atoms with Gasteiger partial charge in [-0.1, -0.05) is 86.3 Å². The van der Waals surface area contributed by atoms with Crippen LogP contribution in [0.2, 0.25) is 0 Å². The minimum absolute atomic E-state index is 0. The minimum Gasteiger partial charge on any atom is -1.00 e. The van der Waals surface area contributed by atoms with Gasteiger partial charge in [0.25, 0.3) is 5.82 Å². The Labute approximate surface area is 215 Å². The highest BCUT2D eigenvalue weighted by Crippen LogP contribution is 2.39. The normalized spacial score (nSPS) is 16.1. The number of hydrogen-bond donors (Lipinski definition) is 1. The molecule has 1 aliphatic carbocycles. The van der Waals surface area contributed by atoms with Crippen molar-refractivity contribution in [3.05, 3.63) is 90.0 Å². The number of carbonyl (C=O) groups excluding carboxylic acids is 1. The van der Waals surface area contributed by atoms with Gasteiger partial charge in [-0.25, -0.2) is 13.9 Å². The van der Waals surface area contributed by atoms with E-state index in [0.717, 1.165) is 57.4 Å². The second kappa shape index (κ2) is 12.9. The molecule has 0 aliphatic heterocycles. The average Bonchev–Trinajstić information content (AvgIpc) is 3.06. The van der Waals surface area contributed by atoms with Crippen LogP contribution < -0.4 is 17.0 Å².